The molecule has 0 radical (unpaired) electrons. The van der Waals surface area contributed by atoms with Gasteiger partial charge in [0.15, 0.2) is 0 Å². The predicted octanol–water partition coefficient (Wildman–Crippen LogP) is 1.69. The first kappa shape index (κ1) is 10.5. The van der Waals surface area contributed by atoms with Crippen LogP contribution in [0.25, 0.3) is 0 Å². The lowest BCUT2D eigenvalue weighted by molar-refractivity contribution is 0.0600. The number of nitrogens with zero attached hydrogens (tertiary/aromatic N) is 1. The van der Waals surface area contributed by atoms with E-state index in [1.807, 2.05) is 13.8 Å². The first-order valence-electron chi connectivity index (χ1n) is 4.44. The second-order valence-electron chi connectivity index (χ2n) is 3.22. The average molecular weight is 194 g/mol. The van der Waals surface area contributed by atoms with E-state index in [0.29, 0.717) is 11.6 Å². The van der Waals surface area contributed by atoms with Crippen molar-refractivity contribution < 1.29 is 9.53 Å². The molecule has 0 amide bonds. The van der Waals surface area contributed by atoms with Gasteiger partial charge in [0, 0.05) is 12.2 Å². The van der Waals surface area contributed by atoms with E-state index >= 15 is 0 Å². The van der Waals surface area contributed by atoms with E-state index in [-0.39, 0.29) is 5.97 Å². The average Bonchev–Trinajstić information content (AvgIpc) is 2.17. The Morgan fingerprint density at radius 2 is 2.21 bits per heavy atom. The van der Waals surface area contributed by atoms with Gasteiger partial charge in [-0.1, -0.05) is 0 Å². The van der Waals surface area contributed by atoms with Gasteiger partial charge < -0.3 is 10.1 Å². The quantitative estimate of drug-likeness (QED) is 0.744. The van der Waals surface area contributed by atoms with Crippen molar-refractivity contribution in [3.8, 4) is 0 Å². The van der Waals surface area contributed by atoms with Crippen molar-refractivity contribution in [3.05, 3.63) is 23.9 Å². The number of methoxy groups -OCH3 is 1. The minimum atomic E-state index is -0.367. The number of hydrogen-bond donors (Lipinski definition) is 1. The van der Waals surface area contributed by atoms with E-state index in [1.54, 1.807) is 12.1 Å². The van der Waals surface area contributed by atoms with Gasteiger partial charge in [-0.2, -0.15) is 0 Å². The normalized spacial score (nSPS) is 10.0. The Kier molecular flexibility index (Phi) is 3.45. The monoisotopic (exact) mass is 194 g/mol. The lowest BCUT2D eigenvalue weighted by Crippen LogP contribution is -2.11. The summed E-state index contributed by atoms with van der Waals surface area (Å²) in [5.41, 5.74) is 0.460. The third-order valence-electron chi connectivity index (χ3n) is 1.62. The van der Waals surface area contributed by atoms with Crippen molar-refractivity contribution in [2.45, 2.75) is 19.9 Å². The summed E-state index contributed by atoms with van der Waals surface area (Å²) in [7, 11) is 1.35. The van der Waals surface area contributed by atoms with Crippen molar-refractivity contribution in [1.82, 2.24) is 4.98 Å². The molecule has 0 aliphatic rings. The molecule has 0 unspecified atom stereocenters. The number of carbonyl (C=O) groups excluding carboxylic acids is 1. The molecule has 0 spiro atoms. The lowest BCUT2D eigenvalue weighted by atomic mass is 10.3. The van der Waals surface area contributed by atoms with Crippen LogP contribution in [-0.4, -0.2) is 24.1 Å². The largest absolute Gasteiger partial charge is 0.465 e. The van der Waals surface area contributed by atoms with Gasteiger partial charge in [0.05, 0.1) is 12.7 Å². The van der Waals surface area contributed by atoms with Gasteiger partial charge in [0.25, 0.3) is 0 Å². The first-order valence-corrected chi connectivity index (χ1v) is 4.44. The van der Waals surface area contributed by atoms with Crippen LogP contribution in [-0.2, 0) is 4.74 Å². The molecule has 1 heterocycles. The fourth-order valence-electron chi connectivity index (χ4n) is 1.01. The summed E-state index contributed by atoms with van der Waals surface area (Å²) in [5.74, 6) is 0.390. The Balaban J connectivity index is 2.73. The summed E-state index contributed by atoms with van der Waals surface area (Å²) in [6.45, 7) is 4.05. The van der Waals surface area contributed by atoms with Crippen molar-refractivity contribution in [2.24, 2.45) is 0 Å². The fraction of sp³-hybridized carbons (Fsp3) is 0.400. The van der Waals surface area contributed by atoms with Gasteiger partial charge >= 0.3 is 5.97 Å². The van der Waals surface area contributed by atoms with Crippen molar-refractivity contribution in [1.29, 1.82) is 0 Å². The minimum absolute atomic E-state index is 0.325. The standard InChI is InChI=1S/C10H14N2O2/c1-7(2)12-9-5-4-8(6-11-9)10(13)14-3/h4-7H,1-3H3,(H,11,12). The maximum atomic E-state index is 11.1. The molecular weight excluding hydrogens is 180 g/mol. The molecule has 0 aromatic carbocycles. The molecule has 0 aliphatic carbocycles. The van der Waals surface area contributed by atoms with Crippen molar-refractivity contribution in [3.63, 3.8) is 0 Å². The highest BCUT2D eigenvalue weighted by Crippen LogP contribution is 2.06. The number of hydrogen-bond acceptors (Lipinski definition) is 4. The molecule has 1 aromatic heterocycles. The zero-order valence-electron chi connectivity index (χ0n) is 8.57. The van der Waals surface area contributed by atoms with Crippen molar-refractivity contribution in [2.75, 3.05) is 12.4 Å². The second kappa shape index (κ2) is 4.60. The molecule has 1 rings (SSSR count). The van der Waals surface area contributed by atoms with Crippen LogP contribution in [0.5, 0.6) is 0 Å². The van der Waals surface area contributed by atoms with Crippen LogP contribution in [0.3, 0.4) is 0 Å². The Bertz CT molecular complexity index is 306. The highest BCUT2D eigenvalue weighted by molar-refractivity contribution is 5.89. The molecule has 0 saturated carbocycles. The summed E-state index contributed by atoms with van der Waals surface area (Å²) in [4.78, 5) is 15.1. The predicted molar refractivity (Wildman–Crippen MR) is 54.3 cm³/mol. The maximum Gasteiger partial charge on any atom is 0.339 e. The summed E-state index contributed by atoms with van der Waals surface area (Å²) in [6.07, 6.45) is 1.50. The van der Waals surface area contributed by atoms with Crippen LogP contribution in [0.15, 0.2) is 18.3 Å². The molecule has 0 saturated heterocycles. The molecule has 0 atom stereocenters. The van der Waals surface area contributed by atoms with E-state index in [4.69, 9.17) is 0 Å². The number of carbonyl (C=O) groups is 1. The van der Waals surface area contributed by atoms with Crippen LogP contribution in [0, 0.1) is 0 Å². The van der Waals surface area contributed by atoms with E-state index in [1.165, 1.54) is 13.3 Å². The Labute approximate surface area is 83.3 Å². The molecule has 4 nitrogen and oxygen atoms in total. The number of aromatic nitrogens is 1. The molecule has 1 N–H and O–H groups in total. The van der Waals surface area contributed by atoms with Crippen LogP contribution in [0.1, 0.15) is 24.2 Å². The molecule has 0 aliphatic heterocycles. The number of nitrogens with one attached hydrogen (secondary N) is 1. The minimum Gasteiger partial charge on any atom is -0.465 e. The third-order valence-corrected chi connectivity index (χ3v) is 1.62. The molecule has 0 fully saturated rings. The molecule has 14 heavy (non-hydrogen) atoms. The van der Waals surface area contributed by atoms with Gasteiger partial charge in [-0.25, -0.2) is 9.78 Å². The van der Waals surface area contributed by atoms with Gasteiger partial charge in [-0.05, 0) is 26.0 Å². The van der Waals surface area contributed by atoms with Crippen molar-refractivity contribution >= 4 is 11.8 Å². The van der Waals surface area contributed by atoms with Gasteiger partial charge in [-0.3, -0.25) is 0 Å². The fourth-order valence-corrected chi connectivity index (χ4v) is 1.01. The number of esters is 1. The number of anilines is 1. The van der Waals surface area contributed by atoms with Crippen LogP contribution in [0.4, 0.5) is 5.82 Å². The summed E-state index contributed by atoms with van der Waals surface area (Å²) in [6, 6.07) is 3.77. The van der Waals surface area contributed by atoms with Gasteiger partial charge in [0.1, 0.15) is 5.82 Å². The Hall–Kier alpha value is -1.58. The first-order chi connectivity index (χ1) is 6.63. The summed E-state index contributed by atoms with van der Waals surface area (Å²) in [5, 5.41) is 3.13. The smallest absolute Gasteiger partial charge is 0.339 e. The topological polar surface area (TPSA) is 51.2 Å². The zero-order valence-corrected chi connectivity index (χ0v) is 8.57. The van der Waals surface area contributed by atoms with Crippen LogP contribution >= 0.6 is 0 Å². The highest BCUT2D eigenvalue weighted by atomic mass is 16.5. The second-order valence-corrected chi connectivity index (χ2v) is 3.22. The van der Waals surface area contributed by atoms with Gasteiger partial charge in [-0.15, -0.1) is 0 Å². The number of rotatable bonds is 3. The van der Waals surface area contributed by atoms with Gasteiger partial charge in [0.2, 0.25) is 0 Å². The molecule has 76 valence electrons. The lowest BCUT2D eigenvalue weighted by Gasteiger charge is -2.08. The summed E-state index contributed by atoms with van der Waals surface area (Å²) < 4.78 is 4.56. The van der Waals surface area contributed by atoms with Crippen LogP contribution in [0.2, 0.25) is 0 Å². The van der Waals surface area contributed by atoms with E-state index in [2.05, 4.69) is 15.0 Å². The SMILES string of the molecule is COC(=O)c1ccc(NC(C)C)nc1. The molecule has 4 heteroatoms. The maximum absolute atomic E-state index is 11.1. The van der Waals surface area contributed by atoms with E-state index in [0.717, 1.165) is 5.82 Å². The molecule has 1 aromatic rings. The number of ether oxygens (including phenoxy) is 1. The number of pyridine rings is 1. The third kappa shape index (κ3) is 2.73. The highest BCUT2D eigenvalue weighted by Gasteiger charge is 2.05. The molecule has 0 bridgehead atoms. The zero-order chi connectivity index (χ0) is 10.6. The van der Waals surface area contributed by atoms with Crippen LogP contribution < -0.4 is 5.32 Å². The van der Waals surface area contributed by atoms with E-state index in [9.17, 15) is 4.79 Å². The Morgan fingerprint density at radius 3 is 2.64 bits per heavy atom. The molecular formula is C10H14N2O2. The summed E-state index contributed by atoms with van der Waals surface area (Å²) >= 11 is 0. The van der Waals surface area contributed by atoms with E-state index < -0.39 is 0 Å². The Morgan fingerprint density at radius 1 is 1.50 bits per heavy atom.